The van der Waals surface area contributed by atoms with Gasteiger partial charge >= 0.3 is 5.97 Å². The third-order valence-electron chi connectivity index (χ3n) is 5.80. The summed E-state index contributed by atoms with van der Waals surface area (Å²) in [7, 11) is 2.46. The zero-order valence-electron chi connectivity index (χ0n) is 14.3. The largest absolute Gasteiger partial charge is 0.461 e. The number of hydrogen-bond donors (Lipinski definition) is 1. The van der Waals surface area contributed by atoms with Crippen LogP contribution in [0.2, 0.25) is 0 Å². The van der Waals surface area contributed by atoms with Crippen LogP contribution in [-0.2, 0) is 14.3 Å². The molecule has 3 aliphatic heterocycles. The van der Waals surface area contributed by atoms with Gasteiger partial charge in [0.05, 0.1) is 22.0 Å². The van der Waals surface area contributed by atoms with Crippen molar-refractivity contribution in [1.82, 2.24) is 0 Å². The van der Waals surface area contributed by atoms with Crippen LogP contribution in [0.3, 0.4) is 0 Å². The van der Waals surface area contributed by atoms with Gasteiger partial charge in [-0.25, -0.2) is 0 Å². The Morgan fingerprint density at radius 2 is 2.04 bits per heavy atom. The van der Waals surface area contributed by atoms with E-state index in [0.29, 0.717) is 11.5 Å². The minimum atomic E-state index is -0.631. The highest BCUT2D eigenvalue weighted by Crippen LogP contribution is 2.51. The molecule has 3 fully saturated rings. The molecule has 1 aromatic carbocycles. The Bertz CT molecular complexity index is 607. The first-order chi connectivity index (χ1) is 11.6. The van der Waals surface area contributed by atoms with Crippen molar-refractivity contribution in [3.05, 3.63) is 35.9 Å². The highest BCUT2D eigenvalue weighted by atomic mass is 16.6. The molecule has 5 heteroatoms. The van der Waals surface area contributed by atoms with Crippen LogP contribution in [-0.4, -0.2) is 66.6 Å². The van der Waals surface area contributed by atoms with Crippen molar-refractivity contribution < 1.29 is 25.2 Å². The molecule has 23 heavy (non-hydrogen) atoms. The number of rotatable bonds is 4. The maximum absolute atomic E-state index is 12.5. The summed E-state index contributed by atoms with van der Waals surface area (Å²) in [6, 6.07) is 9.76. The molecule has 5 unspecified atom stereocenters. The summed E-state index contributed by atoms with van der Waals surface area (Å²) in [6.45, 7) is -0.253. The zero-order chi connectivity index (χ0) is 16.9. The van der Waals surface area contributed by atoms with Crippen LogP contribution >= 0.6 is 0 Å². The van der Waals surface area contributed by atoms with E-state index >= 15 is 0 Å². The molecule has 2 bridgehead atoms. The van der Waals surface area contributed by atoms with Gasteiger partial charge < -0.3 is 19.1 Å². The molecule has 0 aromatic heterocycles. The molecule has 5 atom stereocenters. The number of epoxide rings is 1. The number of carbonyl (C=O) groups is 1. The number of fused-ring (bicyclic) bond motifs is 5. The van der Waals surface area contributed by atoms with Crippen LogP contribution in [0.15, 0.2) is 30.3 Å². The average Bonchev–Trinajstić information content (AvgIpc) is 3.35. The molecule has 3 saturated heterocycles. The number of aliphatic hydroxyl groups excluding tert-OH is 1. The van der Waals surface area contributed by atoms with E-state index in [9.17, 15) is 9.90 Å². The predicted octanol–water partition coefficient (Wildman–Crippen LogP) is 1.06. The van der Waals surface area contributed by atoms with Gasteiger partial charge in [0, 0.05) is 12.8 Å². The number of esters is 1. The standard InChI is InChI=1S/C18H24NO4/c1-19(2)14-8-12(9-15(19)17-16(14)23-17)22-18(21)13(10-20)11-6-4-3-5-7-11/h3-7,12-17,20H,8-10H2,1-2H3/q+1/i1T. The summed E-state index contributed by atoms with van der Waals surface area (Å²) in [5.74, 6) is -0.988. The Balaban J connectivity index is 1.44. The lowest BCUT2D eigenvalue weighted by molar-refractivity contribution is -0.938. The molecule has 3 heterocycles. The SMILES string of the molecule is [3H]C[N+]1(C)C2CC(OC(=O)C(CO)c3ccccc3)CC1C1OC12. The number of quaternary nitrogens is 1. The van der Waals surface area contributed by atoms with Crippen LogP contribution in [0.25, 0.3) is 0 Å². The van der Waals surface area contributed by atoms with Crippen LogP contribution in [0.5, 0.6) is 0 Å². The Morgan fingerprint density at radius 3 is 2.61 bits per heavy atom. The van der Waals surface area contributed by atoms with Crippen LogP contribution < -0.4 is 0 Å². The molecule has 3 aliphatic rings. The fourth-order valence-electron chi connectivity index (χ4n) is 4.40. The fraction of sp³-hybridized carbons (Fsp3) is 0.611. The van der Waals surface area contributed by atoms with E-state index in [1.54, 1.807) is 0 Å². The number of benzene rings is 1. The minimum Gasteiger partial charge on any atom is -0.461 e. The molecule has 1 aromatic rings. The van der Waals surface area contributed by atoms with E-state index in [4.69, 9.17) is 10.8 Å². The zero-order valence-corrected chi connectivity index (χ0v) is 13.3. The molecule has 5 nitrogen and oxygen atoms in total. The number of morpholine rings is 1. The number of piperidine rings is 1. The monoisotopic (exact) mass is 320 g/mol. The number of nitrogens with zero attached hydrogens (tertiary/aromatic N) is 1. The van der Waals surface area contributed by atoms with Gasteiger partial charge in [-0.1, -0.05) is 30.3 Å². The van der Waals surface area contributed by atoms with Gasteiger partial charge in [-0.2, -0.15) is 0 Å². The number of aliphatic hydroxyl groups is 1. The van der Waals surface area contributed by atoms with Gasteiger partial charge in [0.2, 0.25) is 0 Å². The molecular formula is C18H24NO4+. The van der Waals surface area contributed by atoms with E-state index in [1.165, 1.54) is 0 Å². The van der Waals surface area contributed by atoms with Crippen molar-refractivity contribution in [3.8, 4) is 0 Å². The normalized spacial score (nSPS) is 42.5. The first-order valence-electron chi connectivity index (χ1n) is 8.95. The fourth-order valence-corrected chi connectivity index (χ4v) is 4.40. The Hall–Kier alpha value is -1.43. The molecule has 0 spiro atoms. The molecule has 0 aliphatic carbocycles. The second kappa shape index (κ2) is 5.30. The van der Waals surface area contributed by atoms with Crippen molar-refractivity contribution in [3.63, 3.8) is 0 Å². The van der Waals surface area contributed by atoms with E-state index in [0.717, 1.165) is 18.4 Å². The average molecular weight is 320 g/mol. The quantitative estimate of drug-likeness (QED) is 0.512. The summed E-state index contributed by atoms with van der Waals surface area (Å²) in [5.41, 5.74) is 0.779. The lowest BCUT2D eigenvalue weighted by Crippen LogP contribution is -2.60. The first kappa shape index (κ1) is 14.0. The lowest BCUT2D eigenvalue weighted by atomic mass is 9.95. The second-order valence-electron chi connectivity index (χ2n) is 7.22. The summed E-state index contributed by atoms with van der Waals surface area (Å²) >= 11 is 0. The van der Waals surface area contributed by atoms with Crippen molar-refractivity contribution in [1.29, 1.82) is 0 Å². The van der Waals surface area contributed by atoms with Crippen molar-refractivity contribution in [2.45, 2.75) is 49.2 Å². The Morgan fingerprint density at radius 1 is 1.39 bits per heavy atom. The third kappa shape index (κ3) is 2.38. The highest BCUT2D eigenvalue weighted by molar-refractivity contribution is 5.78. The lowest BCUT2D eigenvalue weighted by Gasteiger charge is -2.45. The van der Waals surface area contributed by atoms with E-state index in [-0.39, 0.29) is 43.0 Å². The van der Waals surface area contributed by atoms with Crippen molar-refractivity contribution in [2.24, 2.45) is 0 Å². The van der Waals surface area contributed by atoms with Crippen LogP contribution in [0, 0.1) is 0 Å². The Kier molecular flexibility index (Phi) is 3.21. The second-order valence-corrected chi connectivity index (χ2v) is 7.22. The van der Waals surface area contributed by atoms with Crippen molar-refractivity contribution >= 4 is 5.97 Å². The molecule has 1 N–H and O–H groups in total. The predicted molar refractivity (Wildman–Crippen MR) is 83.7 cm³/mol. The van der Waals surface area contributed by atoms with Gasteiger partial charge in [0.1, 0.15) is 36.3 Å². The maximum Gasteiger partial charge on any atom is 0.316 e. The molecule has 0 radical (unpaired) electrons. The van der Waals surface area contributed by atoms with Crippen LogP contribution in [0.1, 0.15) is 25.7 Å². The van der Waals surface area contributed by atoms with E-state index in [1.807, 2.05) is 30.3 Å². The smallest absolute Gasteiger partial charge is 0.316 e. The minimum absolute atomic E-state index is 0.139. The number of likely N-dealkylation sites (N-methyl/N-ethyl adjacent to an activating group) is 1. The molecular weight excluding hydrogens is 294 g/mol. The van der Waals surface area contributed by atoms with E-state index in [2.05, 4.69) is 7.05 Å². The summed E-state index contributed by atoms with van der Waals surface area (Å²) in [4.78, 5) is 12.5. The molecule has 0 saturated carbocycles. The molecule has 0 amide bonds. The number of ether oxygens (including phenoxy) is 2. The van der Waals surface area contributed by atoms with Gasteiger partial charge in [-0.3, -0.25) is 4.79 Å². The van der Waals surface area contributed by atoms with Gasteiger partial charge in [0.25, 0.3) is 0 Å². The summed E-state index contributed by atoms with van der Waals surface area (Å²) in [5, 5.41) is 9.62. The van der Waals surface area contributed by atoms with E-state index < -0.39 is 5.92 Å². The van der Waals surface area contributed by atoms with Gasteiger partial charge in [-0.15, -0.1) is 0 Å². The summed E-state index contributed by atoms with van der Waals surface area (Å²) < 4.78 is 20.1. The summed E-state index contributed by atoms with van der Waals surface area (Å²) in [6.07, 6.45) is 1.81. The number of hydrogen-bond acceptors (Lipinski definition) is 4. The van der Waals surface area contributed by atoms with Gasteiger partial charge in [-0.05, 0) is 5.56 Å². The highest BCUT2D eigenvalue weighted by Gasteiger charge is 2.70. The van der Waals surface area contributed by atoms with Gasteiger partial charge in [0.15, 0.2) is 0 Å². The van der Waals surface area contributed by atoms with Crippen LogP contribution in [0.4, 0.5) is 0 Å². The molecule has 4 rings (SSSR count). The maximum atomic E-state index is 12.5. The Labute approximate surface area is 137 Å². The van der Waals surface area contributed by atoms with Crippen molar-refractivity contribution in [2.75, 3.05) is 20.7 Å². The first-order valence-corrected chi connectivity index (χ1v) is 8.24. The number of carbonyl (C=O) groups excluding carboxylic acids is 1. The third-order valence-corrected chi connectivity index (χ3v) is 5.80. The molecule has 124 valence electrons. The topological polar surface area (TPSA) is 59.1 Å².